The highest BCUT2D eigenvalue weighted by Crippen LogP contribution is 2.35. The molecule has 0 amide bonds. The van der Waals surface area contributed by atoms with Crippen molar-refractivity contribution in [3.8, 4) is 11.5 Å². The van der Waals surface area contributed by atoms with E-state index in [1.165, 1.54) is 0 Å². The third-order valence-corrected chi connectivity index (χ3v) is 5.50. The van der Waals surface area contributed by atoms with Crippen molar-refractivity contribution in [2.45, 2.75) is 36.9 Å². The Morgan fingerprint density at radius 2 is 1.66 bits per heavy atom. The molecule has 2 aromatic rings. The van der Waals surface area contributed by atoms with Crippen molar-refractivity contribution in [3.05, 3.63) is 58.1 Å². The van der Waals surface area contributed by atoms with Gasteiger partial charge in [-0.15, -0.1) is 0 Å². The Hall–Kier alpha value is -1.87. The van der Waals surface area contributed by atoms with Crippen molar-refractivity contribution < 1.29 is 34.6 Å². The van der Waals surface area contributed by atoms with E-state index in [1.807, 2.05) is 18.2 Å². The van der Waals surface area contributed by atoms with Crippen LogP contribution < -0.4 is 9.47 Å². The summed E-state index contributed by atoms with van der Waals surface area (Å²) < 4.78 is 16.2. The second-order valence-corrected chi connectivity index (χ2v) is 7.37. The number of halogens is 1. The van der Waals surface area contributed by atoms with Gasteiger partial charge in [0.25, 0.3) is 0 Å². The number of aliphatic hydroxyl groups excluding tert-OH is 4. The van der Waals surface area contributed by atoms with E-state index in [0.717, 1.165) is 11.1 Å². The lowest BCUT2D eigenvalue weighted by molar-refractivity contribution is -0.231. The largest absolute Gasteiger partial charge is 0.493 e. The van der Waals surface area contributed by atoms with Gasteiger partial charge in [-0.1, -0.05) is 29.8 Å². The van der Waals surface area contributed by atoms with Crippen LogP contribution in [-0.2, 0) is 11.2 Å². The maximum atomic E-state index is 10.4. The number of aliphatic hydroxyl groups is 4. The molecular formula is C21H25ClO7. The molecule has 3 rings (SSSR count). The Labute approximate surface area is 174 Å². The summed E-state index contributed by atoms with van der Waals surface area (Å²) in [6.07, 6.45) is -5.57. The summed E-state index contributed by atoms with van der Waals surface area (Å²) in [5, 5.41) is 40.3. The molecule has 29 heavy (non-hydrogen) atoms. The SMILES string of the molecule is COc1ccc(Cc2cc(C3OC(CO)C(O)C(O)C3O)ccc2Cl)cc1OC. The zero-order valence-electron chi connectivity index (χ0n) is 16.2. The molecule has 0 saturated carbocycles. The van der Waals surface area contributed by atoms with Crippen LogP contribution in [0.3, 0.4) is 0 Å². The lowest BCUT2D eigenvalue weighted by atomic mass is 9.90. The monoisotopic (exact) mass is 424 g/mol. The lowest BCUT2D eigenvalue weighted by Gasteiger charge is -2.40. The molecule has 158 valence electrons. The molecule has 0 aromatic heterocycles. The van der Waals surface area contributed by atoms with E-state index >= 15 is 0 Å². The van der Waals surface area contributed by atoms with Crippen LogP contribution in [0.15, 0.2) is 36.4 Å². The summed E-state index contributed by atoms with van der Waals surface area (Å²) in [4.78, 5) is 0. The van der Waals surface area contributed by atoms with Crippen molar-refractivity contribution in [3.63, 3.8) is 0 Å². The average molecular weight is 425 g/mol. The number of ether oxygens (including phenoxy) is 3. The van der Waals surface area contributed by atoms with E-state index in [2.05, 4.69) is 0 Å². The first-order valence-corrected chi connectivity index (χ1v) is 9.57. The number of benzene rings is 2. The summed E-state index contributed by atoms with van der Waals surface area (Å²) in [5.74, 6) is 1.23. The van der Waals surface area contributed by atoms with Crippen LogP contribution in [0.2, 0.25) is 5.02 Å². The van der Waals surface area contributed by atoms with E-state index < -0.39 is 37.1 Å². The standard InChI is InChI=1S/C21H25ClO7/c1-27-15-6-3-11(8-16(15)28-2)7-13-9-12(4-5-14(13)22)21-20(26)19(25)18(24)17(10-23)29-21/h3-6,8-9,17-21,23-26H,7,10H2,1-2H3. The highest BCUT2D eigenvalue weighted by Gasteiger charge is 2.44. The Morgan fingerprint density at radius 1 is 0.931 bits per heavy atom. The van der Waals surface area contributed by atoms with E-state index in [-0.39, 0.29) is 0 Å². The van der Waals surface area contributed by atoms with E-state index in [9.17, 15) is 20.4 Å². The topological polar surface area (TPSA) is 109 Å². The zero-order chi connectivity index (χ0) is 21.1. The van der Waals surface area contributed by atoms with Crippen LogP contribution in [0, 0.1) is 0 Å². The highest BCUT2D eigenvalue weighted by atomic mass is 35.5. The first kappa shape index (κ1) is 21.8. The van der Waals surface area contributed by atoms with E-state index in [1.54, 1.807) is 32.4 Å². The number of hydrogen-bond donors (Lipinski definition) is 4. The molecule has 0 radical (unpaired) electrons. The minimum absolute atomic E-state index is 0.479. The molecule has 8 heteroatoms. The van der Waals surface area contributed by atoms with Crippen LogP contribution in [-0.4, -0.2) is 65.7 Å². The molecule has 5 atom stereocenters. The summed E-state index contributed by atoms with van der Waals surface area (Å²) >= 11 is 6.37. The molecule has 0 bridgehead atoms. The van der Waals surface area contributed by atoms with Crippen molar-refractivity contribution in [2.75, 3.05) is 20.8 Å². The molecule has 4 N–H and O–H groups in total. The second-order valence-electron chi connectivity index (χ2n) is 6.97. The Bertz CT molecular complexity index is 842. The van der Waals surface area contributed by atoms with Crippen molar-refractivity contribution >= 4 is 11.6 Å². The lowest BCUT2D eigenvalue weighted by Crippen LogP contribution is -2.55. The molecule has 0 spiro atoms. The molecule has 7 nitrogen and oxygen atoms in total. The molecular weight excluding hydrogens is 400 g/mol. The summed E-state index contributed by atoms with van der Waals surface area (Å²) in [7, 11) is 3.13. The van der Waals surface area contributed by atoms with Crippen LogP contribution in [0.25, 0.3) is 0 Å². The van der Waals surface area contributed by atoms with Crippen LogP contribution in [0.4, 0.5) is 0 Å². The zero-order valence-corrected chi connectivity index (χ0v) is 16.9. The fourth-order valence-corrected chi connectivity index (χ4v) is 3.68. The normalized spacial score (nSPS) is 26.9. The number of methoxy groups -OCH3 is 2. The molecule has 1 aliphatic rings. The Kier molecular flexibility index (Phi) is 7.00. The van der Waals surface area contributed by atoms with Crippen LogP contribution in [0.1, 0.15) is 22.8 Å². The van der Waals surface area contributed by atoms with Gasteiger partial charge in [0.15, 0.2) is 11.5 Å². The van der Waals surface area contributed by atoms with Gasteiger partial charge in [0, 0.05) is 5.02 Å². The maximum Gasteiger partial charge on any atom is 0.160 e. The van der Waals surface area contributed by atoms with Gasteiger partial charge < -0.3 is 34.6 Å². The van der Waals surface area contributed by atoms with Crippen molar-refractivity contribution in [2.24, 2.45) is 0 Å². The van der Waals surface area contributed by atoms with Gasteiger partial charge in [-0.2, -0.15) is 0 Å². The summed E-state index contributed by atoms with van der Waals surface area (Å²) in [5.41, 5.74) is 2.31. The van der Waals surface area contributed by atoms with Gasteiger partial charge in [0.1, 0.15) is 30.5 Å². The molecule has 0 aliphatic carbocycles. The van der Waals surface area contributed by atoms with Crippen molar-refractivity contribution in [1.82, 2.24) is 0 Å². The average Bonchev–Trinajstić information content (AvgIpc) is 2.74. The van der Waals surface area contributed by atoms with Gasteiger partial charge in [0.2, 0.25) is 0 Å². The van der Waals surface area contributed by atoms with Gasteiger partial charge in [-0.3, -0.25) is 0 Å². The number of rotatable bonds is 6. The minimum atomic E-state index is -1.43. The van der Waals surface area contributed by atoms with Crippen LogP contribution in [0.5, 0.6) is 11.5 Å². The molecule has 5 unspecified atom stereocenters. The molecule has 1 saturated heterocycles. The van der Waals surface area contributed by atoms with Gasteiger partial charge in [-0.25, -0.2) is 0 Å². The smallest absolute Gasteiger partial charge is 0.160 e. The number of hydrogen-bond acceptors (Lipinski definition) is 7. The third-order valence-electron chi connectivity index (χ3n) is 5.13. The van der Waals surface area contributed by atoms with Gasteiger partial charge >= 0.3 is 0 Å². The maximum absolute atomic E-state index is 10.4. The fraction of sp³-hybridized carbons (Fsp3) is 0.429. The molecule has 1 heterocycles. The van der Waals surface area contributed by atoms with E-state index in [4.69, 9.17) is 25.8 Å². The predicted molar refractivity (Wildman–Crippen MR) is 107 cm³/mol. The first-order chi connectivity index (χ1) is 13.9. The molecule has 2 aromatic carbocycles. The molecule has 1 aliphatic heterocycles. The highest BCUT2D eigenvalue weighted by molar-refractivity contribution is 6.31. The Balaban J connectivity index is 1.88. The quantitative estimate of drug-likeness (QED) is 0.556. The van der Waals surface area contributed by atoms with Crippen molar-refractivity contribution in [1.29, 1.82) is 0 Å². The molecule has 1 fully saturated rings. The van der Waals surface area contributed by atoms with Gasteiger partial charge in [0.05, 0.1) is 20.8 Å². The Morgan fingerprint density at radius 3 is 2.31 bits per heavy atom. The third kappa shape index (κ3) is 4.50. The first-order valence-electron chi connectivity index (χ1n) is 9.19. The van der Waals surface area contributed by atoms with Gasteiger partial charge in [-0.05, 0) is 41.3 Å². The van der Waals surface area contributed by atoms with Crippen LogP contribution >= 0.6 is 11.6 Å². The fourth-order valence-electron chi connectivity index (χ4n) is 3.49. The minimum Gasteiger partial charge on any atom is -0.493 e. The summed E-state index contributed by atoms with van der Waals surface area (Å²) in [6, 6.07) is 10.7. The van der Waals surface area contributed by atoms with E-state index in [0.29, 0.717) is 28.5 Å². The summed E-state index contributed by atoms with van der Waals surface area (Å²) in [6.45, 7) is -0.479. The second kappa shape index (κ2) is 9.30. The predicted octanol–water partition coefficient (Wildman–Crippen LogP) is 1.46.